The monoisotopic (exact) mass is 187 g/mol. The van der Waals surface area contributed by atoms with Gasteiger partial charge in [0, 0.05) is 0 Å². The van der Waals surface area contributed by atoms with Gasteiger partial charge in [0.25, 0.3) is 0 Å². The number of rotatable bonds is 3. The smallest absolute Gasteiger partial charge is 0.367 e. The molecule has 0 fully saturated rings. The fraction of sp³-hybridized carbons (Fsp3) is 1.00. The minimum atomic E-state index is -4.49. The average Bonchev–Trinajstić information content (AvgIpc) is 1.89. The normalized spacial score (nSPS) is 13.2. The van der Waals surface area contributed by atoms with Crippen molar-refractivity contribution in [2.75, 3.05) is 7.05 Å². The summed E-state index contributed by atoms with van der Waals surface area (Å²) in [6, 6.07) is 0. The second kappa shape index (κ2) is 6.50. The molecule has 6 nitrogen and oxygen atoms in total. The van der Waals surface area contributed by atoms with Crippen molar-refractivity contribution < 1.29 is 22.3 Å². The van der Waals surface area contributed by atoms with Crippen LogP contribution >= 0.6 is 0 Å². The van der Waals surface area contributed by atoms with Crippen molar-refractivity contribution in [1.29, 1.82) is 0 Å². The number of nitrogens with two attached hydrogens (primary N) is 1. The minimum absolute atomic E-state index is 0.111. The molecule has 11 heavy (non-hydrogen) atoms. The molecule has 0 aliphatic rings. The maximum absolute atomic E-state index is 9.77. The topological polar surface area (TPSA) is 110 Å². The zero-order valence-corrected chi connectivity index (χ0v) is 7.21. The molecular formula is C4H13NO5S. The Hall–Kier alpha value is -0.210. The second-order valence-electron chi connectivity index (χ2n) is 1.39. The molecule has 0 bridgehead atoms. The molecule has 70 valence electrons. The summed E-state index contributed by atoms with van der Waals surface area (Å²) in [6.07, 6.45) is -1.33. The van der Waals surface area contributed by atoms with E-state index >= 15 is 0 Å². The molecular weight excluding hydrogens is 174 g/mol. The Balaban J connectivity index is 0. The van der Waals surface area contributed by atoms with E-state index in [1.165, 1.54) is 14.0 Å². The van der Waals surface area contributed by atoms with Crippen molar-refractivity contribution in [3.63, 3.8) is 0 Å². The first-order valence-corrected chi connectivity index (χ1v) is 4.23. The summed E-state index contributed by atoms with van der Waals surface area (Å²) in [4.78, 5) is 0. The molecule has 0 aliphatic heterocycles. The highest BCUT2D eigenvalue weighted by atomic mass is 32.3. The van der Waals surface area contributed by atoms with Gasteiger partial charge in [0.2, 0.25) is 0 Å². The number of aliphatic hydroxyl groups excluding tert-OH is 1. The predicted octanol–water partition coefficient (Wildman–Crippen LogP) is -0.891. The molecule has 0 saturated heterocycles. The number of hydrogen-bond donors (Lipinski definition) is 3. The van der Waals surface area contributed by atoms with Crippen molar-refractivity contribution in [2.24, 2.45) is 5.73 Å². The Labute approximate surface area is 65.9 Å². The third kappa shape index (κ3) is 12.9. The fourth-order valence-electron chi connectivity index (χ4n) is 0.208. The van der Waals surface area contributed by atoms with E-state index < -0.39 is 16.7 Å². The van der Waals surface area contributed by atoms with E-state index in [1.54, 1.807) is 0 Å². The molecule has 0 spiro atoms. The Morgan fingerprint density at radius 2 is 1.91 bits per heavy atom. The minimum Gasteiger partial charge on any atom is -0.367 e. The van der Waals surface area contributed by atoms with Crippen molar-refractivity contribution in [3.05, 3.63) is 0 Å². The maximum Gasteiger partial charge on any atom is 0.399 e. The standard InChI is InChI=1S/C3H8O5S.CH5N/c1-2-3(4)8-9(5,6)7;1-2/h3-4H,2H2,1H3,(H,5,6,7);2H2,1H3. The molecule has 0 aliphatic carbocycles. The summed E-state index contributed by atoms with van der Waals surface area (Å²) in [5.41, 5.74) is 4.50. The SMILES string of the molecule is CCC(O)OS(=O)(=O)O.CN. The van der Waals surface area contributed by atoms with E-state index in [9.17, 15) is 8.42 Å². The summed E-state index contributed by atoms with van der Waals surface area (Å²) in [6.45, 7) is 1.51. The van der Waals surface area contributed by atoms with Gasteiger partial charge >= 0.3 is 10.4 Å². The molecule has 0 aromatic carbocycles. The second-order valence-corrected chi connectivity index (χ2v) is 2.43. The molecule has 0 rings (SSSR count). The van der Waals surface area contributed by atoms with E-state index in [-0.39, 0.29) is 6.42 Å². The van der Waals surface area contributed by atoms with Crippen LogP contribution in [0, 0.1) is 0 Å². The van der Waals surface area contributed by atoms with Crippen LogP contribution in [0.3, 0.4) is 0 Å². The van der Waals surface area contributed by atoms with Gasteiger partial charge in [0.1, 0.15) is 0 Å². The zero-order chi connectivity index (χ0) is 9.49. The van der Waals surface area contributed by atoms with Crippen LogP contribution in [0.4, 0.5) is 0 Å². The van der Waals surface area contributed by atoms with Crippen molar-refractivity contribution in [1.82, 2.24) is 0 Å². The van der Waals surface area contributed by atoms with Crippen molar-refractivity contribution in [3.8, 4) is 0 Å². The van der Waals surface area contributed by atoms with Crippen molar-refractivity contribution >= 4 is 10.4 Å². The predicted molar refractivity (Wildman–Crippen MR) is 39.0 cm³/mol. The Kier molecular flexibility index (Phi) is 7.91. The fourth-order valence-corrected chi connectivity index (χ4v) is 0.625. The molecule has 0 aromatic rings. The highest BCUT2D eigenvalue weighted by Gasteiger charge is 2.10. The van der Waals surface area contributed by atoms with E-state index in [0.717, 1.165) is 0 Å². The lowest BCUT2D eigenvalue weighted by Crippen LogP contribution is -2.15. The highest BCUT2D eigenvalue weighted by Crippen LogP contribution is 1.96. The lowest BCUT2D eigenvalue weighted by molar-refractivity contribution is -0.0214. The van der Waals surface area contributed by atoms with Crippen LogP contribution in [-0.4, -0.2) is 31.4 Å². The molecule has 0 aromatic heterocycles. The lowest BCUT2D eigenvalue weighted by atomic mass is 10.5. The Morgan fingerprint density at radius 1 is 1.55 bits per heavy atom. The van der Waals surface area contributed by atoms with Gasteiger partial charge in [0.05, 0.1) is 0 Å². The molecule has 1 unspecified atom stereocenters. The van der Waals surface area contributed by atoms with Gasteiger partial charge in [-0.15, -0.1) is 0 Å². The van der Waals surface area contributed by atoms with Crippen LogP contribution in [0.5, 0.6) is 0 Å². The molecule has 0 radical (unpaired) electrons. The van der Waals surface area contributed by atoms with Gasteiger partial charge in [-0.1, -0.05) is 6.92 Å². The van der Waals surface area contributed by atoms with Crippen LogP contribution in [0.2, 0.25) is 0 Å². The number of hydrogen-bond acceptors (Lipinski definition) is 5. The van der Waals surface area contributed by atoms with Gasteiger partial charge in [-0.25, -0.2) is 4.18 Å². The maximum atomic E-state index is 9.77. The largest absolute Gasteiger partial charge is 0.399 e. The third-order valence-electron chi connectivity index (χ3n) is 0.582. The summed E-state index contributed by atoms with van der Waals surface area (Å²) >= 11 is 0. The molecule has 0 saturated carbocycles. The van der Waals surface area contributed by atoms with E-state index in [1.807, 2.05) is 0 Å². The van der Waals surface area contributed by atoms with Gasteiger partial charge in [-0.2, -0.15) is 8.42 Å². The van der Waals surface area contributed by atoms with Crippen LogP contribution in [0.15, 0.2) is 0 Å². The first kappa shape index (κ1) is 13.4. The summed E-state index contributed by atoms with van der Waals surface area (Å²) in [5, 5.41) is 8.43. The van der Waals surface area contributed by atoms with Crippen LogP contribution in [-0.2, 0) is 14.6 Å². The Bertz CT molecular complexity index is 165. The zero-order valence-electron chi connectivity index (χ0n) is 6.39. The summed E-state index contributed by atoms with van der Waals surface area (Å²) in [7, 11) is -2.99. The summed E-state index contributed by atoms with van der Waals surface area (Å²) in [5.74, 6) is 0. The van der Waals surface area contributed by atoms with Crippen LogP contribution in [0.1, 0.15) is 13.3 Å². The van der Waals surface area contributed by atoms with Crippen LogP contribution in [0.25, 0.3) is 0 Å². The molecule has 1 atom stereocenters. The molecule has 0 heterocycles. The molecule has 7 heteroatoms. The van der Waals surface area contributed by atoms with Gasteiger partial charge in [0.15, 0.2) is 6.29 Å². The van der Waals surface area contributed by atoms with Gasteiger partial charge < -0.3 is 10.8 Å². The van der Waals surface area contributed by atoms with Gasteiger partial charge in [-0.3, -0.25) is 4.55 Å². The van der Waals surface area contributed by atoms with E-state index in [0.29, 0.717) is 0 Å². The third-order valence-corrected chi connectivity index (χ3v) is 1.05. The van der Waals surface area contributed by atoms with Gasteiger partial charge in [-0.05, 0) is 13.5 Å². The number of aliphatic hydroxyl groups is 1. The van der Waals surface area contributed by atoms with Crippen molar-refractivity contribution in [2.45, 2.75) is 19.6 Å². The van der Waals surface area contributed by atoms with E-state index in [4.69, 9.17) is 9.66 Å². The Morgan fingerprint density at radius 3 is 2.00 bits per heavy atom. The average molecular weight is 187 g/mol. The molecule has 4 N–H and O–H groups in total. The van der Waals surface area contributed by atoms with E-state index in [2.05, 4.69) is 9.92 Å². The first-order chi connectivity index (χ1) is 4.95. The van der Waals surface area contributed by atoms with Crippen LogP contribution < -0.4 is 5.73 Å². The first-order valence-electron chi connectivity index (χ1n) is 2.87. The summed E-state index contributed by atoms with van der Waals surface area (Å²) < 4.78 is 31.1. The lowest BCUT2D eigenvalue weighted by Gasteiger charge is -2.03. The quantitative estimate of drug-likeness (QED) is 0.390. The highest BCUT2D eigenvalue weighted by molar-refractivity contribution is 7.80. The molecule has 0 amide bonds.